The van der Waals surface area contributed by atoms with E-state index in [0.29, 0.717) is 5.78 Å². The molecule has 0 spiro atoms. The Morgan fingerprint density at radius 1 is 1.47 bits per heavy atom. The van der Waals surface area contributed by atoms with Crippen molar-refractivity contribution in [3.8, 4) is 0 Å². The number of fused-ring (bicyclic) bond motifs is 1. The van der Waals surface area contributed by atoms with Crippen LogP contribution in [0, 0.1) is 11.3 Å². The van der Waals surface area contributed by atoms with Crippen LogP contribution in [0.15, 0.2) is 23.3 Å². The average Bonchev–Trinajstić information content (AvgIpc) is 2.35. The predicted molar refractivity (Wildman–Crippen MR) is 62.6 cm³/mol. The summed E-state index contributed by atoms with van der Waals surface area (Å²) >= 11 is 0. The molecule has 0 aromatic heterocycles. The summed E-state index contributed by atoms with van der Waals surface area (Å²) in [4.78, 5) is 11.8. The van der Waals surface area contributed by atoms with Gasteiger partial charge in [-0.1, -0.05) is 25.5 Å². The molecule has 0 heterocycles. The molecule has 0 radical (unpaired) electrons. The van der Waals surface area contributed by atoms with Crippen molar-refractivity contribution in [3.05, 3.63) is 23.3 Å². The van der Waals surface area contributed by atoms with Gasteiger partial charge < -0.3 is 0 Å². The van der Waals surface area contributed by atoms with E-state index < -0.39 is 0 Å². The molecular formula is C14H20O. The molecule has 1 heteroatoms. The molecule has 2 aliphatic rings. The molecule has 1 fully saturated rings. The van der Waals surface area contributed by atoms with E-state index in [9.17, 15) is 4.79 Å². The quantitative estimate of drug-likeness (QED) is 0.637. The van der Waals surface area contributed by atoms with Crippen molar-refractivity contribution in [2.75, 3.05) is 0 Å². The summed E-state index contributed by atoms with van der Waals surface area (Å²) in [6.45, 7) is 10.2. The first-order valence-electron chi connectivity index (χ1n) is 5.88. The summed E-state index contributed by atoms with van der Waals surface area (Å²) in [6, 6.07) is 0. The molecule has 82 valence electrons. The van der Waals surface area contributed by atoms with Gasteiger partial charge in [0.15, 0.2) is 0 Å². The number of Topliss-reactive ketones (excluding diaryl/α,β-unsaturated/α-hetero) is 1. The number of hydrogen-bond donors (Lipinski definition) is 0. The molecule has 0 aromatic carbocycles. The molecule has 0 aromatic rings. The summed E-state index contributed by atoms with van der Waals surface area (Å²) in [6.07, 6.45) is 4.86. The van der Waals surface area contributed by atoms with Crippen molar-refractivity contribution in [3.63, 3.8) is 0 Å². The lowest BCUT2D eigenvalue weighted by atomic mass is 9.66. The molecule has 0 N–H and O–H groups in total. The lowest BCUT2D eigenvalue weighted by Gasteiger charge is -2.37. The highest BCUT2D eigenvalue weighted by Gasteiger charge is 2.48. The van der Waals surface area contributed by atoms with E-state index in [1.807, 2.05) is 0 Å². The van der Waals surface area contributed by atoms with Gasteiger partial charge in [0.05, 0.1) is 5.92 Å². The smallest absolute Gasteiger partial charge is 0.138 e. The minimum absolute atomic E-state index is 0.0628. The van der Waals surface area contributed by atoms with Crippen LogP contribution < -0.4 is 0 Å². The van der Waals surface area contributed by atoms with Crippen molar-refractivity contribution >= 4 is 5.78 Å². The van der Waals surface area contributed by atoms with Gasteiger partial charge in [-0.15, -0.1) is 0 Å². The molecule has 0 aliphatic heterocycles. The third kappa shape index (κ3) is 1.32. The van der Waals surface area contributed by atoms with Crippen LogP contribution in [-0.4, -0.2) is 5.78 Å². The molecule has 15 heavy (non-hydrogen) atoms. The summed E-state index contributed by atoms with van der Waals surface area (Å²) < 4.78 is 0. The second-order valence-electron chi connectivity index (χ2n) is 5.30. The Morgan fingerprint density at radius 2 is 2.13 bits per heavy atom. The van der Waals surface area contributed by atoms with Crippen LogP contribution in [0.25, 0.3) is 0 Å². The van der Waals surface area contributed by atoms with E-state index in [-0.39, 0.29) is 11.3 Å². The highest BCUT2D eigenvalue weighted by Crippen LogP contribution is 2.56. The maximum Gasteiger partial charge on any atom is 0.138 e. The molecule has 1 saturated carbocycles. The summed E-state index contributed by atoms with van der Waals surface area (Å²) in [7, 11) is 0. The van der Waals surface area contributed by atoms with Gasteiger partial charge in [-0.25, -0.2) is 0 Å². The highest BCUT2D eigenvalue weighted by molar-refractivity contribution is 5.85. The van der Waals surface area contributed by atoms with Gasteiger partial charge in [0.2, 0.25) is 0 Å². The molecule has 1 nitrogen and oxygen atoms in total. The van der Waals surface area contributed by atoms with Gasteiger partial charge in [-0.3, -0.25) is 4.79 Å². The monoisotopic (exact) mass is 204 g/mol. The van der Waals surface area contributed by atoms with Gasteiger partial charge in [0.25, 0.3) is 0 Å². The molecule has 0 bridgehead atoms. The Hall–Kier alpha value is -0.850. The number of carbonyl (C=O) groups excluding carboxylic acids is 1. The second kappa shape index (κ2) is 3.33. The van der Waals surface area contributed by atoms with Crippen LogP contribution in [0.1, 0.15) is 46.5 Å². The third-order valence-electron chi connectivity index (χ3n) is 4.39. The van der Waals surface area contributed by atoms with Crippen LogP contribution in [-0.2, 0) is 4.79 Å². The van der Waals surface area contributed by atoms with Crippen molar-refractivity contribution < 1.29 is 4.79 Å². The number of hydrogen-bond acceptors (Lipinski definition) is 1. The number of carbonyl (C=O) groups is 1. The Bertz CT molecular complexity index is 362. The van der Waals surface area contributed by atoms with Gasteiger partial charge >= 0.3 is 0 Å². The lowest BCUT2D eigenvalue weighted by molar-refractivity contribution is -0.122. The van der Waals surface area contributed by atoms with Gasteiger partial charge in [-0.05, 0) is 44.3 Å². The van der Waals surface area contributed by atoms with Crippen LogP contribution in [0.3, 0.4) is 0 Å². The number of ketones is 1. The van der Waals surface area contributed by atoms with Crippen LogP contribution in [0.4, 0.5) is 0 Å². The van der Waals surface area contributed by atoms with E-state index in [0.717, 1.165) is 12.0 Å². The van der Waals surface area contributed by atoms with Gasteiger partial charge in [0.1, 0.15) is 5.78 Å². The third-order valence-corrected chi connectivity index (χ3v) is 4.39. The average molecular weight is 204 g/mol. The standard InChI is InChI=1S/C14H20O/c1-9-10(2)13(11(3)15)14(4)8-6-5-7-12(9)14/h13H,2,5-8H2,1,3-4H3/t13-,14-/m0/s1. The SMILES string of the molecule is C=C1C(C)=C2CCCC[C@]2(C)[C@@H]1C(C)=O. The molecule has 2 rings (SSSR count). The summed E-state index contributed by atoms with van der Waals surface area (Å²) in [5.41, 5.74) is 4.02. The summed E-state index contributed by atoms with van der Waals surface area (Å²) in [5.74, 6) is 0.353. The molecular weight excluding hydrogens is 184 g/mol. The van der Waals surface area contributed by atoms with Gasteiger partial charge in [-0.2, -0.15) is 0 Å². The van der Waals surface area contributed by atoms with E-state index in [1.165, 1.54) is 30.4 Å². The lowest BCUT2D eigenvalue weighted by Crippen LogP contribution is -2.32. The Labute approximate surface area is 92.3 Å². The molecule has 2 atom stereocenters. The minimum atomic E-state index is 0.0628. The number of allylic oxidation sites excluding steroid dienone is 3. The fourth-order valence-electron chi connectivity index (χ4n) is 3.65. The van der Waals surface area contributed by atoms with Crippen LogP contribution in [0.5, 0.6) is 0 Å². The topological polar surface area (TPSA) is 17.1 Å². The molecule has 0 unspecified atom stereocenters. The largest absolute Gasteiger partial charge is 0.299 e. The van der Waals surface area contributed by atoms with E-state index in [1.54, 1.807) is 6.92 Å². The second-order valence-corrected chi connectivity index (χ2v) is 5.30. The first-order chi connectivity index (χ1) is 6.98. The minimum Gasteiger partial charge on any atom is -0.299 e. The fraction of sp³-hybridized carbons (Fsp3) is 0.643. The van der Waals surface area contributed by atoms with E-state index in [4.69, 9.17) is 0 Å². The first-order valence-corrected chi connectivity index (χ1v) is 5.88. The van der Waals surface area contributed by atoms with Crippen LogP contribution in [0.2, 0.25) is 0 Å². The molecule has 2 aliphatic carbocycles. The Morgan fingerprint density at radius 3 is 2.73 bits per heavy atom. The predicted octanol–water partition coefficient (Wildman–Crippen LogP) is 3.66. The van der Waals surface area contributed by atoms with Crippen molar-refractivity contribution in [2.24, 2.45) is 11.3 Å². The zero-order valence-electron chi connectivity index (χ0n) is 10.0. The maximum absolute atomic E-state index is 11.8. The fourth-order valence-corrected chi connectivity index (χ4v) is 3.65. The summed E-state index contributed by atoms with van der Waals surface area (Å²) in [5, 5.41) is 0. The van der Waals surface area contributed by atoms with E-state index >= 15 is 0 Å². The first kappa shape index (κ1) is 10.7. The maximum atomic E-state index is 11.8. The Kier molecular flexibility index (Phi) is 2.37. The van der Waals surface area contributed by atoms with Gasteiger partial charge in [0, 0.05) is 5.41 Å². The highest BCUT2D eigenvalue weighted by atomic mass is 16.1. The zero-order chi connectivity index (χ0) is 11.2. The zero-order valence-corrected chi connectivity index (χ0v) is 10.0. The van der Waals surface area contributed by atoms with E-state index in [2.05, 4.69) is 20.4 Å². The molecule has 0 saturated heterocycles. The van der Waals surface area contributed by atoms with Crippen molar-refractivity contribution in [2.45, 2.75) is 46.5 Å². The molecule has 0 amide bonds. The normalized spacial score (nSPS) is 35.7. The van der Waals surface area contributed by atoms with Crippen LogP contribution >= 0.6 is 0 Å². The number of rotatable bonds is 1. The Balaban J connectivity index is 2.49. The van der Waals surface area contributed by atoms with Crippen molar-refractivity contribution in [1.29, 1.82) is 0 Å². The van der Waals surface area contributed by atoms with Crippen molar-refractivity contribution in [1.82, 2.24) is 0 Å².